The van der Waals surface area contributed by atoms with Gasteiger partial charge in [-0.15, -0.1) is 0 Å². The summed E-state index contributed by atoms with van der Waals surface area (Å²) >= 11 is 0. The summed E-state index contributed by atoms with van der Waals surface area (Å²) in [7, 11) is 3.90. The van der Waals surface area contributed by atoms with Gasteiger partial charge in [0.1, 0.15) is 17.5 Å². The first-order valence-electron chi connectivity index (χ1n) is 12.2. The lowest BCUT2D eigenvalue weighted by Gasteiger charge is -2.49. The normalized spacial score (nSPS) is 21.9. The summed E-state index contributed by atoms with van der Waals surface area (Å²) in [5.74, 6) is 1.09. The van der Waals surface area contributed by atoms with Gasteiger partial charge in [0.25, 0.3) is 5.91 Å². The van der Waals surface area contributed by atoms with Crippen LogP contribution in [0.25, 0.3) is 0 Å². The molecule has 2 aliphatic heterocycles. The number of morpholine rings is 1. The Kier molecular flexibility index (Phi) is 6.06. The van der Waals surface area contributed by atoms with Crippen molar-refractivity contribution in [3.05, 3.63) is 60.2 Å². The Morgan fingerprint density at radius 3 is 2.42 bits per heavy atom. The van der Waals surface area contributed by atoms with Gasteiger partial charge in [-0.3, -0.25) is 4.79 Å². The Morgan fingerprint density at radius 2 is 1.73 bits per heavy atom. The van der Waals surface area contributed by atoms with E-state index in [0.29, 0.717) is 6.54 Å². The molecule has 2 heterocycles. The zero-order valence-electron chi connectivity index (χ0n) is 19.8. The van der Waals surface area contributed by atoms with Crippen LogP contribution in [0.15, 0.2) is 54.6 Å². The highest BCUT2D eigenvalue weighted by Gasteiger charge is 2.61. The van der Waals surface area contributed by atoms with E-state index < -0.39 is 5.60 Å². The second kappa shape index (κ2) is 8.99. The molecule has 3 aliphatic rings. The fourth-order valence-electron chi connectivity index (χ4n) is 5.40. The highest BCUT2D eigenvalue weighted by atomic mass is 16.5. The summed E-state index contributed by atoms with van der Waals surface area (Å²) in [6.07, 6.45) is 4.46. The van der Waals surface area contributed by atoms with Gasteiger partial charge in [0, 0.05) is 33.1 Å². The zero-order valence-corrected chi connectivity index (χ0v) is 19.8. The molecule has 6 nitrogen and oxygen atoms in total. The Bertz CT molecular complexity index is 968. The van der Waals surface area contributed by atoms with Crippen molar-refractivity contribution in [2.24, 2.45) is 0 Å². The number of piperidine rings is 1. The van der Waals surface area contributed by atoms with Crippen molar-refractivity contribution in [3.63, 3.8) is 0 Å². The standard InChI is InChI=1S/C27H35N3O3/c1-28-17-12-23(21-8-4-3-5-9-21)32-24-11-7-6-10-22(24)30-18-15-26(16-19-30)20-29(2)25(31)27(33-26)13-14-27/h3-11,23,28H,12-20H2,1-2H3. The molecule has 176 valence electrons. The number of amides is 1. The van der Waals surface area contributed by atoms with Gasteiger partial charge in [-0.05, 0) is 57.0 Å². The summed E-state index contributed by atoms with van der Waals surface area (Å²) < 4.78 is 13.2. The van der Waals surface area contributed by atoms with Gasteiger partial charge in [-0.2, -0.15) is 0 Å². The van der Waals surface area contributed by atoms with E-state index in [9.17, 15) is 4.79 Å². The van der Waals surface area contributed by atoms with Crippen LogP contribution in [0.2, 0.25) is 0 Å². The van der Waals surface area contributed by atoms with Crippen molar-refractivity contribution in [2.45, 2.75) is 49.4 Å². The summed E-state index contributed by atoms with van der Waals surface area (Å²) in [6.45, 7) is 3.37. The molecule has 1 saturated carbocycles. The van der Waals surface area contributed by atoms with Crippen LogP contribution in [0.1, 0.15) is 43.8 Å². The molecule has 33 heavy (non-hydrogen) atoms. The monoisotopic (exact) mass is 449 g/mol. The maximum absolute atomic E-state index is 12.5. The topological polar surface area (TPSA) is 54.0 Å². The number of para-hydroxylation sites is 2. The molecule has 2 saturated heterocycles. The van der Waals surface area contributed by atoms with Crippen LogP contribution >= 0.6 is 0 Å². The van der Waals surface area contributed by atoms with Crippen molar-refractivity contribution >= 4 is 11.6 Å². The molecular weight excluding hydrogens is 414 g/mol. The second-order valence-electron chi connectivity index (χ2n) is 9.80. The summed E-state index contributed by atoms with van der Waals surface area (Å²) in [6, 6.07) is 18.8. The maximum atomic E-state index is 12.5. The van der Waals surface area contributed by atoms with Gasteiger partial charge < -0.3 is 24.6 Å². The maximum Gasteiger partial charge on any atom is 0.254 e. The molecule has 2 aromatic carbocycles. The number of benzene rings is 2. The van der Waals surface area contributed by atoms with Crippen LogP contribution < -0.4 is 15.0 Å². The number of hydrogen-bond acceptors (Lipinski definition) is 5. The van der Waals surface area contributed by atoms with Crippen molar-refractivity contribution in [3.8, 4) is 5.75 Å². The molecule has 5 rings (SSSR count). The number of ether oxygens (including phenoxy) is 2. The van der Waals surface area contributed by atoms with E-state index in [2.05, 4.69) is 52.7 Å². The average molecular weight is 450 g/mol. The number of likely N-dealkylation sites (N-methyl/N-ethyl adjacent to an activating group) is 1. The molecule has 2 aromatic rings. The van der Waals surface area contributed by atoms with Crippen molar-refractivity contribution in [1.29, 1.82) is 0 Å². The lowest BCUT2D eigenvalue weighted by Crippen LogP contribution is -2.62. The first-order chi connectivity index (χ1) is 16.0. The van der Waals surface area contributed by atoms with Crippen molar-refractivity contribution in [2.75, 3.05) is 45.2 Å². The zero-order chi connectivity index (χ0) is 22.9. The predicted molar refractivity (Wildman–Crippen MR) is 130 cm³/mol. The molecule has 0 aromatic heterocycles. The van der Waals surface area contributed by atoms with Gasteiger partial charge >= 0.3 is 0 Å². The third kappa shape index (κ3) is 4.46. The minimum atomic E-state index is -0.521. The van der Waals surface area contributed by atoms with E-state index in [0.717, 1.165) is 63.2 Å². The summed E-state index contributed by atoms with van der Waals surface area (Å²) in [5.41, 5.74) is 1.59. The van der Waals surface area contributed by atoms with Crippen molar-refractivity contribution < 1.29 is 14.3 Å². The Hall–Kier alpha value is -2.57. The summed E-state index contributed by atoms with van der Waals surface area (Å²) in [5, 5.41) is 3.25. The van der Waals surface area contributed by atoms with Crippen molar-refractivity contribution in [1.82, 2.24) is 10.2 Å². The number of hydrogen-bond donors (Lipinski definition) is 1. The molecule has 6 heteroatoms. The van der Waals surface area contributed by atoms with Crippen LogP contribution in [0, 0.1) is 0 Å². The molecule has 1 N–H and O–H groups in total. The molecule has 1 aliphatic carbocycles. The molecule has 3 fully saturated rings. The number of nitrogens with one attached hydrogen (secondary N) is 1. The molecule has 1 amide bonds. The van der Waals surface area contributed by atoms with E-state index in [-0.39, 0.29) is 17.6 Å². The first-order valence-corrected chi connectivity index (χ1v) is 12.2. The average Bonchev–Trinajstić information content (AvgIpc) is 3.61. The van der Waals surface area contributed by atoms with E-state index in [1.54, 1.807) is 0 Å². The number of nitrogens with zero attached hydrogens (tertiary/aromatic N) is 2. The third-order valence-electron chi connectivity index (χ3n) is 7.36. The number of carbonyl (C=O) groups is 1. The SMILES string of the molecule is CNCCC(Oc1ccccc1N1CCC2(CC1)CN(C)C(=O)C1(CC1)O2)c1ccccc1. The number of carbonyl (C=O) groups excluding carboxylic acids is 1. The van der Waals surface area contributed by atoms with E-state index in [4.69, 9.17) is 9.47 Å². The molecule has 1 atom stereocenters. The Labute approximate surface area is 196 Å². The number of rotatable bonds is 7. The second-order valence-corrected chi connectivity index (χ2v) is 9.80. The highest BCUT2D eigenvalue weighted by Crippen LogP contribution is 2.50. The van der Waals surface area contributed by atoms with Gasteiger partial charge in [-0.1, -0.05) is 42.5 Å². The quantitative estimate of drug-likeness (QED) is 0.697. The molecular formula is C27H35N3O3. The summed E-state index contributed by atoms with van der Waals surface area (Å²) in [4.78, 5) is 16.8. The van der Waals surface area contributed by atoms with E-state index in [1.165, 1.54) is 5.56 Å². The fraction of sp³-hybridized carbons (Fsp3) is 0.519. The van der Waals surface area contributed by atoms with Gasteiger partial charge in [0.2, 0.25) is 0 Å². The van der Waals surface area contributed by atoms with Crippen LogP contribution in [-0.4, -0.2) is 62.3 Å². The predicted octanol–water partition coefficient (Wildman–Crippen LogP) is 3.78. The van der Waals surface area contributed by atoms with Crippen LogP contribution in [0.4, 0.5) is 5.69 Å². The number of anilines is 1. The van der Waals surface area contributed by atoms with Gasteiger partial charge in [0.15, 0.2) is 0 Å². The van der Waals surface area contributed by atoms with Gasteiger partial charge in [0.05, 0.1) is 11.3 Å². The van der Waals surface area contributed by atoms with E-state index >= 15 is 0 Å². The van der Waals surface area contributed by atoms with Gasteiger partial charge in [-0.25, -0.2) is 0 Å². The largest absolute Gasteiger partial charge is 0.484 e. The highest BCUT2D eigenvalue weighted by molar-refractivity contribution is 5.88. The van der Waals surface area contributed by atoms with Crippen LogP contribution in [0.5, 0.6) is 5.75 Å². The first kappa shape index (κ1) is 22.2. The van der Waals surface area contributed by atoms with E-state index in [1.807, 2.05) is 31.1 Å². The lowest BCUT2D eigenvalue weighted by molar-refractivity contribution is -0.192. The molecule has 0 radical (unpaired) electrons. The van der Waals surface area contributed by atoms with Crippen LogP contribution in [-0.2, 0) is 9.53 Å². The minimum Gasteiger partial charge on any atom is -0.484 e. The molecule has 1 unspecified atom stereocenters. The smallest absolute Gasteiger partial charge is 0.254 e. The van der Waals surface area contributed by atoms with Crippen LogP contribution in [0.3, 0.4) is 0 Å². The fourth-order valence-corrected chi connectivity index (χ4v) is 5.40. The minimum absolute atomic E-state index is 0.00741. The third-order valence-corrected chi connectivity index (χ3v) is 7.36. The lowest BCUT2D eigenvalue weighted by atomic mass is 9.88. The Morgan fingerprint density at radius 1 is 1.03 bits per heavy atom. The Balaban J connectivity index is 1.31. The molecule has 2 spiro atoms. The molecule has 0 bridgehead atoms.